The van der Waals surface area contributed by atoms with Gasteiger partial charge in [-0.3, -0.25) is 23.9 Å². The third-order valence-electron chi connectivity index (χ3n) is 3.81. The summed E-state index contributed by atoms with van der Waals surface area (Å²) in [5, 5.41) is 18.8. The Morgan fingerprint density at radius 2 is 2.13 bits per heavy atom. The molecule has 1 fully saturated rings. The first-order valence-corrected chi connectivity index (χ1v) is 6.86. The number of nitriles is 1. The normalized spacial score (nSPS) is 24.9. The van der Waals surface area contributed by atoms with Crippen LogP contribution in [0.25, 0.3) is 0 Å². The minimum Gasteiger partial charge on any atom is -0.383 e. The molecule has 0 bridgehead atoms. The van der Waals surface area contributed by atoms with Gasteiger partial charge in [-0.1, -0.05) is 0 Å². The van der Waals surface area contributed by atoms with E-state index in [-0.39, 0.29) is 17.8 Å². The first-order valence-electron chi connectivity index (χ1n) is 6.86. The van der Waals surface area contributed by atoms with Gasteiger partial charge >= 0.3 is 5.69 Å². The summed E-state index contributed by atoms with van der Waals surface area (Å²) >= 11 is 0. The predicted molar refractivity (Wildman–Crippen MR) is 75.4 cm³/mol. The van der Waals surface area contributed by atoms with Gasteiger partial charge in [-0.25, -0.2) is 4.79 Å². The first kappa shape index (κ1) is 16.8. The fourth-order valence-electron chi connectivity index (χ4n) is 2.56. The molecule has 1 aromatic heterocycles. The van der Waals surface area contributed by atoms with Gasteiger partial charge in [0, 0.05) is 12.6 Å². The van der Waals surface area contributed by atoms with Gasteiger partial charge in [-0.05, 0) is 13.8 Å². The van der Waals surface area contributed by atoms with E-state index in [1.54, 1.807) is 6.07 Å². The maximum absolute atomic E-state index is 11.9. The molecule has 2 rings (SSSR count). The number of Topliss-reactive ketones (excluding diaryl/α,β-unsaturated/α-hetero) is 2. The van der Waals surface area contributed by atoms with E-state index in [2.05, 4.69) is 0 Å². The molecule has 1 saturated heterocycles. The summed E-state index contributed by atoms with van der Waals surface area (Å²) in [6.45, 7) is 2.46. The number of hydrogen-bond acceptors (Lipinski definition) is 7. The van der Waals surface area contributed by atoms with Gasteiger partial charge in [-0.2, -0.15) is 5.26 Å². The summed E-state index contributed by atoms with van der Waals surface area (Å²) in [7, 11) is 0. The Labute approximate surface area is 130 Å². The minimum absolute atomic E-state index is 0.0428. The number of carbonyl (C=O) groups excluding carboxylic acids is 2. The molecule has 9 heteroatoms. The quantitative estimate of drug-likeness (QED) is 0.713. The Bertz CT molecular complexity index is 802. The molecule has 0 aromatic carbocycles. The Balaban J connectivity index is 2.42. The van der Waals surface area contributed by atoms with Crippen LogP contribution >= 0.6 is 0 Å². The summed E-state index contributed by atoms with van der Waals surface area (Å²) in [4.78, 5) is 48.3. The summed E-state index contributed by atoms with van der Waals surface area (Å²) in [6, 6.07) is 1.64. The van der Waals surface area contributed by atoms with Crippen LogP contribution in [0.15, 0.2) is 15.8 Å². The number of nitrogens with one attached hydrogen (secondary N) is 1. The lowest BCUT2D eigenvalue weighted by molar-refractivity contribution is -0.139. The predicted octanol–water partition coefficient (Wildman–Crippen LogP) is -1.15. The van der Waals surface area contributed by atoms with Crippen molar-refractivity contribution in [3.8, 4) is 6.07 Å². The van der Waals surface area contributed by atoms with Gasteiger partial charge < -0.3 is 9.84 Å². The smallest absolute Gasteiger partial charge is 0.330 e. The van der Waals surface area contributed by atoms with Crippen molar-refractivity contribution in [1.29, 1.82) is 5.26 Å². The minimum atomic E-state index is -1.50. The second-order valence-corrected chi connectivity index (χ2v) is 5.38. The van der Waals surface area contributed by atoms with Gasteiger partial charge in [-0.15, -0.1) is 0 Å². The summed E-state index contributed by atoms with van der Waals surface area (Å²) in [5.74, 6) is -1.63. The fourth-order valence-corrected chi connectivity index (χ4v) is 2.56. The average molecular weight is 321 g/mol. The third-order valence-corrected chi connectivity index (χ3v) is 3.81. The number of carbonyl (C=O) groups is 2. The molecule has 2 N–H and O–H groups in total. The van der Waals surface area contributed by atoms with Crippen molar-refractivity contribution < 1.29 is 19.4 Å². The molecule has 0 spiro atoms. The van der Waals surface area contributed by atoms with Gasteiger partial charge in [0.1, 0.15) is 35.9 Å². The van der Waals surface area contributed by atoms with Crippen molar-refractivity contribution in [2.75, 3.05) is 0 Å². The zero-order chi connectivity index (χ0) is 17.3. The number of nitrogens with zero attached hydrogens (tertiary/aromatic N) is 2. The van der Waals surface area contributed by atoms with Crippen LogP contribution in [0.3, 0.4) is 0 Å². The number of ether oxygens (including phenoxy) is 1. The van der Waals surface area contributed by atoms with Crippen LogP contribution in [0.4, 0.5) is 0 Å². The highest BCUT2D eigenvalue weighted by atomic mass is 16.5. The molecule has 122 valence electrons. The molecule has 4 atom stereocenters. The summed E-state index contributed by atoms with van der Waals surface area (Å²) < 4.78 is 6.48. The van der Waals surface area contributed by atoms with E-state index in [1.165, 1.54) is 13.8 Å². The van der Waals surface area contributed by atoms with Crippen molar-refractivity contribution in [3.63, 3.8) is 0 Å². The third kappa shape index (κ3) is 3.13. The first-order chi connectivity index (χ1) is 10.8. The van der Waals surface area contributed by atoms with Crippen molar-refractivity contribution in [2.45, 2.75) is 38.7 Å². The monoisotopic (exact) mass is 321 g/mol. The van der Waals surface area contributed by atoms with E-state index in [0.717, 1.165) is 10.8 Å². The van der Waals surface area contributed by atoms with E-state index in [9.17, 15) is 24.3 Å². The van der Waals surface area contributed by atoms with Crippen molar-refractivity contribution in [3.05, 3.63) is 32.6 Å². The number of H-pyrrole nitrogens is 1. The Morgan fingerprint density at radius 1 is 1.48 bits per heavy atom. The van der Waals surface area contributed by atoms with E-state index in [1.807, 2.05) is 4.98 Å². The molecule has 9 nitrogen and oxygen atoms in total. The number of hydrogen-bond donors (Lipinski definition) is 2. The SMILES string of the molecule is CC(=O)C(O)[C@H]1O[C@@H](n2cc(C#N)c(=O)[nH]c2=O)C[C@@H]1C(C)=O. The number of aliphatic hydroxyl groups is 1. The van der Waals surface area contributed by atoms with Gasteiger partial charge in [0.05, 0.1) is 5.92 Å². The summed E-state index contributed by atoms with van der Waals surface area (Å²) in [6.07, 6.45) is -2.48. The van der Waals surface area contributed by atoms with E-state index in [4.69, 9.17) is 10.00 Å². The molecular weight excluding hydrogens is 306 g/mol. The molecule has 0 aliphatic carbocycles. The van der Waals surface area contributed by atoms with Gasteiger partial charge in [0.15, 0.2) is 5.78 Å². The molecule has 1 aliphatic rings. The Morgan fingerprint density at radius 3 is 2.65 bits per heavy atom. The number of aromatic amines is 1. The largest absolute Gasteiger partial charge is 0.383 e. The molecular formula is C14H15N3O6. The number of aliphatic hydroxyl groups excluding tert-OH is 1. The molecule has 1 aromatic rings. The molecule has 1 unspecified atom stereocenters. The average Bonchev–Trinajstić information content (AvgIpc) is 2.91. The standard InChI is InChI=1S/C14H15N3O6/c1-6(18)9-3-10(23-12(9)11(20)7(2)19)17-5-8(4-15)13(21)16-14(17)22/h5,9-12,20H,3H2,1-2H3,(H,16,21,22)/t9-,10-,11?,12+/m1/s1. The zero-order valence-corrected chi connectivity index (χ0v) is 12.5. The Kier molecular flexibility index (Phi) is 4.58. The highest BCUT2D eigenvalue weighted by Gasteiger charge is 2.44. The van der Waals surface area contributed by atoms with Crippen LogP contribution in [0.5, 0.6) is 0 Å². The molecule has 1 aliphatic heterocycles. The maximum atomic E-state index is 11.9. The van der Waals surface area contributed by atoms with Gasteiger partial charge in [0.25, 0.3) is 5.56 Å². The number of aromatic nitrogens is 2. The lowest BCUT2D eigenvalue weighted by Gasteiger charge is -2.20. The van der Waals surface area contributed by atoms with E-state index in [0.29, 0.717) is 0 Å². The molecule has 23 heavy (non-hydrogen) atoms. The Hall–Kier alpha value is -2.57. The topological polar surface area (TPSA) is 142 Å². The number of rotatable bonds is 4. The van der Waals surface area contributed by atoms with Crippen molar-refractivity contribution in [1.82, 2.24) is 9.55 Å². The lowest BCUT2D eigenvalue weighted by Crippen LogP contribution is -2.39. The van der Waals surface area contributed by atoms with Crippen LogP contribution in [0.2, 0.25) is 0 Å². The molecule has 2 heterocycles. The van der Waals surface area contributed by atoms with Gasteiger partial charge in [0.2, 0.25) is 0 Å². The lowest BCUT2D eigenvalue weighted by atomic mass is 9.92. The van der Waals surface area contributed by atoms with Crippen LogP contribution in [0, 0.1) is 17.2 Å². The molecule has 0 radical (unpaired) electrons. The van der Waals surface area contributed by atoms with Crippen molar-refractivity contribution in [2.24, 2.45) is 5.92 Å². The molecule has 0 saturated carbocycles. The van der Waals surface area contributed by atoms with Crippen molar-refractivity contribution >= 4 is 11.6 Å². The zero-order valence-electron chi connectivity index (χ0n) is 12.5. The fraction of sp³-hybridized carbons (Fsp3) is 0.500. The number of ketones is 2. The highest BCUT2D eigenvalue weighted by molar-refractivity contribution is 5.84. The van der Waals surface area contributed by atoms with Crippen LogP contribution in [-0.2, 0) is 14.3 Å². The van der Waals surface area contributed by atoms with Crippen LogP contribution in [0.1, 0.15) is 32.1 Å². The summed E-state index contributed by atoms with van der Waals surface area (Å²) in [5.41, 5.74) is -1.92. The van der Waals surface area contributed by atoms with Crippen LogP contribution in [-0.4, -0.2) is 38.4 Å². The van der Waals surface area contributed by atoms with E-state index < -0.39 is 41.4 Å². The second-order valence-electron chi connectivity index (χ2n) is 5.38. The highest BCUT2D eigenvalue weighted by Crippen LogP contribution is 2.35. The maximum Gasteiger partial charge on any atom is 0.330 e. The second kappa shape index (κ2) is 6.28. The molecule has 0 amide bonds. The van der Waals surface area contributed by atoms with Crippen LogP contribution < -0.4 is 11.2 Å². The van der Waals surface area contributed by atoms with E-state index >= 15 is 0 Å².